The van der Waals surface area contributed by atoms with Crippen LogP contribution in [0.2, 0.25) is 0 Å². The molecule has 0 aliphatic heterocycles. The van der Waals surface area contributed by atoms with Crippen LogP contribution in [-0.4, -0.2) is 0 Å². The topological polar surface area (TPSA) is 0 Å². The second-order valence-electron chi connectivity index (χ2n) is 5.44. The molecule has 84 valence electrons. The molecule has 0 aromatic rings. The molecule has 14 heavy (non-hydrogen) atoms. The normalized spacial score (nSPS) is 14.0. The van der Waals surface area contributed by atoms with Crippen molar-refractivity contribution in [3.05, 3.63) is 12.7 Å². The molecule has 0 aliphatic rings. The van der Waals surface area contributed by atoms with Gasteiger partial charge in [-0.05, 0) is 37.0 Å². The van der Waals surface area contributed by atoms with Gasteiger partial charge in [0.2, 0.25) is 0 Å². The average molecular weight is 196 g/mol. The molecule has 1 unspecified atom stereocenters. The predicted molar refractivity (Wildman–Crippen MR) is 66.5 cm³/mol. The van der Waals surface area contributed by atoms with Crippen LogP contribution >= 0.6 is 0 Å². The SMILES string of the molecule is C=CCCC(C)CC(C)(C)CCCC. The number of hydrogen-bond acceptors (Lipinski definition) is 0. The Kier molecular flexibility index (Phi) is 6.96. The van der Waals surface area contributed by atoms with E-state index in [1.54, 1.807) is 0 Å². The Bertz CT molecular complexity index is 144. The smallest absolute Gasteiger partial charge is 0.0351 e. The summed E-state index contributed by atoms with van der Waals surface area (Å²) in [7, 11) is 0. The van der Waals surface area contributed by atoms with E-state index in [0.717, 1.165) is 5.92 Å². The highest BCUT2D eigenvalue weighted by molar-refractivity contribution is 4.74. The van der Waals surface area contributed by atoms with Crippen LogP contribution in [0.1, 0.15) is 66.2 Å². The first-order chi connectivity index (χ1) is 6.52. The first kappa shape index (κ1) is 13.7. The van der Waals surface area contributed by atoms with Crippen molar-refractivity contribution in [1.82, 2.24) is 0 Å². The van der Waals surface area contributed by atoms with Gasteiger partial charge in [-0.3, -0.25) is 0 Å². The molecule has 0 aliphatic carbocycles. The Morgan fingerprint density at radius 3 is 2.50 bits per heavy atom. The summed E-state index contributed by atoms with van der Waals surface area (Å²) in [4.78, 5) is 0. The molecule has 0 rings (SSSR count). The Labute approximate surface area is 90.8 Å². The molecule has 0 heteroatoms. The van der Waals surface area contributed by atoms with Crippen molar-refractivity contribution in [3.8, 4) is 0 Å². The van der Waals surface area contributed by atoms with Crippen molar-refractivity contribution in [2.75, 3.05) is 0 Å². The van der Waals surface area contributed by atoms with Crippen molar-refractivity contribution in [2.45, 2.75) is 66.2 Å². The first-order valence-corrected chi connectivity index (χ1v) is 6.12. The fraction of sp³-hybridized carbons (Fsp3) is 0.857. The molecule has 0 saturated carbocycles. The van der Waals surface area contributed by atoms with Gasteiger partial charge in [0.1, 0.15) is 0 Å². The highest BCUT2D eigenvalue weighted by Gasteiger charge is 2.19. The van der Waals surface area contributed by atoms with Gasteiger partial charge in [0.15, 0.2) is 0 Å². The molecule has 0 N–H and O–H groups in total. The van der Waals surface area contributed by atoms with E-state index in [2.05, 4.69) is 34.3 Å². The molecule has 0 radical (unpaired) electrons. The van der Waals surface area contributed by atoms with Gasteiger partial charge < -0.3 is 0 Å². The maximum absolute atomic E-state index is 3.78. The summed E-state index contributed by atoms with van der Waals surface area (Å²) in [6.07, 6.45) is 9.95. The molecule has 0 aromatic heterocycles. The Balaban J connectivity index is 3.75. The van der Waals surface area contributed by atoms with Crippen LogP contribution in [0, 0.1) is 11.3 Å². The Hall–Kier alpha value is -0.260. The molecule has 0 bridgehead atoms. The van der Waals surface area contributed by atoms with Crippen molar-refractivity contribution >= 4 is 0 Å². The second kappa shape index (κ2) is 7.09. The highest BCUT2D eigenvalue weighted by atomic mass is 14.2. The molecule has 0 nitrogen and oxygen atoms in total. The van der Waals surface area contributed by atoms with E-state index < -0.39 is 0 Å². The number of hydrogen-bond donors (Lipinski definition) is 0. The summed E-state index contributed by atoms with van der Waals surface area (Å²) >= 11 is 0. The van der Waals surface area contributed by atoms with Gasteiger partial charge in [0, 0.05) is 0 Å². The van der Waals surface area contributed by atoms with Crippen molar-refractivity contribution in [3.63, 3.8) is 0 Å². The van der Waals surface area contributed by atoms with Gasteiger partial charge in [-0.25, -0.2) is 0 Å². The third-order valence-electron chi connectivity index (χ3n) is 2.97. The lowest BCUT2D eigenvalue weighted by Gasteiger charge is -2.28. The molecule has 0 fully saturated rings. The monoisotopic (exact) mass is 196 g/mol. The minimum atomic E-state index is 0.538. The molecule has 0 amide bonds. The number of unbranched alkanes of at least 4 members (excludes halogenated alkanes) is 1. The third kappa shape index (κ3) is 7.17. The van der Waals surface area contributed by atoms with E-state index >= 15 is 0 Å². The van der Waals surface area contributed by atoms with Crippen LogP contribution < -0.4 is 0 Å². The van der Waals surface area contributed by atoms with E-state index in [1.807, 2.05) is 6.08 Å². The first-order valence-electron chi connectivity index (χ1n) is 6.12. The van der Waals surface area contributed by atoms with Crippen LogP contribution in [0.25, 0.3) is 0 Å². The molecule has 0 saturated heterocycles. The largest absolute Gasteiger partial charge is 0.103 e. The van der Waals surface area contributed by atoms with Gasteiger partial charge in [-0.15, -0.1) is 6.58 Å². The van der Waals surface area contributed by atoms with Crippen molar-refractivity contribution < 1.29 is 0 Å². The van der Waals surface area contributed by atoms with Gasteiger partial charge >= 0.3 is 0 Å². The van der Waals surface area contributed by atoms with Crippen molar-refractivity contribution in [1.29, 1.82) is 0 Å². The van der Waals surface area contributed by atoms with Gasteiger partial charge in [0.05, 0.1) is 0 Å². The van der Waals surface area contributed by atoms with E-state index in [-0.39, 0.29) is 0 Å². The molecule has 0 aromatic carbocycles. The summed E-state index contributed by atoms with van der Waals surface area (Å²) in [6, 6.07) is 0. The summed E-state index contributed by atoms with van der Waals surface area (Å²) in [6.45, 7) is 13.2. The van der Waals surface area contributed by atoms with Crippen LogP contribution in [0.4, 0.5) is 0 Å². The van der Waals surface area contributed by atoms with Crippen molar-refractivity contribution in [2.24, 2.45) is 11.3 Å². The minimum absolute atomic E-state index is 0.538. The fourth-order valence-electron chi connectivity index (χ4n) is 2.21. The molecular formula is C14H28. The fourth-order valence-corrected chi connectivity index (χ4v) is 2.21. The molecule has 1 atom stereocenters. The minimum Gasteiger partial charge on any atom is -0.103 e. The maximum atomic E-state index is 3.78. The summed E-state index contributed by atoms with van der Waals surface area (Å²) < 4.78 is 0. The standard InChI is InChI=1S/C14H28/c1-6-8-10-13(3)12-14(4,5)11-9-7-2/h6,13H,1,7-12H2,2-5H3. The van der Waals surface area contributed by atoms with Gasteiger partial charge in [0.25, 0.3) is 0 Å². The zero-order valence-corrected chi connectivity index (χ0v) is 10.6. The average Bonchev–Trinajstić information content (AvgIpc) is 2.11. The van der Waals surface area contributed by atoms with Crippen LogP contribution in [0.15, 0.2) is 12.7 Å². The molecular weight excluding hydrogens is 168 g/mol. The molecule has 0 heterocycles. The maximum Gasteiger partial charge on any atom is -0.0351 e. The van der Waals surface area contributed by atoms with E-state index in [1.165, 1.54) is 38.5 Å². The van der Waals surface area contributed by atoms with E-state index in [4.69, 9.17) is 0 Å². The summed E-state index contributed by atoms with van der Waals surface area (Å²) in [5.74, 6) is 0.847. The lowest BCUT2D eigenvalue weighted by atomic mass is 9.78. The zero-order valence-electron chi connectivity index (χ0n) is 10.6. The summed E-state index contributed by atoms with van der Waals surface area (Å²) in [5.41, 5.74) is 0.538. The highest BCUT2D eigenvalue weighted by Crippen LogP contribution is 2.32. The van der Waals surface area contributed by atoms with Gasteiger partial charge in [-0.2, -0.15) is 0 Å². The number of allylic oxidation sites excluding steroid dienone is 1. The predicted octanol–water partition coefficient (Wildman–Crippen LogP) is 5.20. The quantitative estimate of drug-likeness (QED) is 0.468. The van der Waals surface area contributed by atoms with E-state index in [0.29, 0.717) is 5.41 Å². The third-order valence-corrected chi connectivity index (χ3v) is 2.97. The van der Waals surface area contributed by atoms with Crippen LogP contribution in [0.3, 0.4) is 0 Å². The van der Waals surface area contributed by atoms with Crippen LogP contribution in [0.5, 0.6) is 0 Å². The summed E-state index contributed by atoms with van der Waals surface area (Å²) in [5, 5.41) is 0. The second-order valence-corrected chi connectivity index (χ2v) is 5.44. The van der Waals surface area contributed by atoms with Crippen LogP contribution in [-0.2, 0) is 0 Å². The Morgan fingerprint density at radius 1 is 1.36 bits per heavy atom. The lowest BCUT2D eigenvalue weighted by Crippen LogP contribution is -2.15. The van der Waals surface area contributed by atoms with Gasteiger partial charge in [-0.1, -0.05) is 46.6 Å². The lowest BCUT2D eigenvalue weighted by molar-refractivity contribution is 0.244. The molecule has 0 spiro atoms. The number of rotatable bonds is 8. The van der Waals surface area contributed by atoms with E-state index in [9.17, 15) is 0 Å². The Morgan fingerprint density at radius 2 is 2.00 bits per heavy atom. The zero-order chi connectivity index (χ0) is 11.0.